The van der Waals surface area contributed by atoms with Crippen LogP contribution in [0, 0.1) is 11.3 Å². The zero-order valence-corrected chi connectivity index (χ0v) is 11.4. The van der Waals surface area contributed by atoms with Crippen LogP contribution in [0.5, 0.6) is 5.75 Å². The minimum absolute atomic E-state index is 0.131. The molecule has 1 aromatic heterocycles. The molecule has 7 nitrogen and oxygen atoms in total. The summed E-state index contributed by atoms with van der Waals surface area (Å²) in [6.07, 6.45) is 3.07. The second-order valence-electron chi connectivity index (χ2n) is 4.31. The fraction of sp³-hybridized carbons (Fsp3) is 0. The maximum atomic E-state index is 11.7. The highest BCUT2D eigenvalue weighted by molar-refractivity contribution is 6.08. The lowest BCUT2D eigenvalue weighted by atomic mass is 10.2. The molecule has 0 aliphatic rings. The van der Waals surface area contributed by atoms with Crippen molar-refractivity contribution in [3.05, 3.63) is 53.9 Å². The van der Waals surface area contributed by atoms with Crippen LogP contribution in [-0.2, 0) is 4.79 Å². The van der Waals surface area contributed by atoms with Crippen LogP contribution in [0.25, 0.3) is 11.8 Å². The highest BCUT2D eigenvalue weighted by Crippen LogP contribution is 2.18. The Morgan fingerprint density at radius 2 is 1.95 bits per heavy atom. The lowest BCUT2D eigenvalue weighted by molar-refractivity contribution is -0.115. The Bertz CT molecular complexity index is 782. The third kappa shape index (κ3) is 3.32. The Morgan fingerprint density at radius 3 is 2.55 bits per heavy atom. The summed E-state index contributed by atoms with van der Waals surface area (Å²) in [4.78, 5) is 22.3. The van der Waals surface area contributed by atoms with Gasteiger partial charge in [-0.25, -0.2) is 4.79 Å². The number of hydrogen-bond acceptors (Lipinski definition) is 4. The summed E-state index contributed by atoms with van der Waals surface area (Å²) in [6.45, 7) is 0. The smallest absolute Gasteiger partial charge is 0.319 e. The molecule has 0 aliphatic heterocycles. The zero-order chi connectivity index (χ0) is 16.1. The maximum Gasteiger partial charge on any atom is 0.319 e. The van der Waals surface area contributed by atoms with Crippen molar-refractivity contribution in [3.63, 3.8) is 0 Å². The summed E-state index contributed by atoms with van der Waals surface area (Å²) in [5.74, 6) is -0.736. The van der Waals surface area contributed by atoms with E-state index in [0.717, 1.165) is 5.69 Å². The van der Waals surface area contributed by atoms with Crippen LogP contribution in [0.3, 0.4) is 0 Å². The van der Waals surface area contributed by atoms with Gasteiger partial charge in [-0.2, -0.15) is 5.26 Å². The molecule has 2 rings (SSSR count). The molecule has 0 fully saturated rings. The number of benzene rings is 1. The van der Waals surface area contributed by atoms with E-state index in [-0.39, 0.29) is 11.3 Å². The molecule has 2 aromatic rings. The summed E-state index contributed by atoms with van der Waals surface area (Å²) in [5, 5.41) is 20.2. The minimum Gasteiger partial charge on any atom is -0.508 e. The predicted molar refractivity (Wildman–Crippen MR) is 78.7 cm³/mol. The molecule has 1 aromatic carbocycles. The maximum absolute atomic E-state index is 11.7. The highest BCUT2D eigenvalue weighted by atomic mass is 16.3. The average Bonchev–Trinajstić information content (AvgIpc) is 2.92. The van der Waals surface area contributed by atoms with E-state index in [1.807, 2.05) is 5.32 Å². The number of imide groups is 1. The number of carbonyl (C=O) groups excluding carboxylic acids is 2. The second kappa shape index (κ2) is 6.28. The van der Waals surface area contributed by atoms with Gasteiger partial charge < -0.3 is 15.4 Å². The fourth-order valence-corrected chi connectivity index (χ4v) is 1.84. The van der Waals surface area contributed by atoms with Gasteiger partial charge in [0.2, 0.25) is 0 Å². The van der Waals surface area contributed by atoms with Gasteiger partial charge in [0.15, 0.2) is 0 Å². The number of carbonyl (C=O) groups is 2. The van der Waals surface area contributed by atoms with Crippen LogP contribution in [0.15, 0.2) is 48.2 Å². The summed E-state index contributed by atoms with van der Waals surface area (Å²) in [7, 11) is 0. The first-order valence-corrected chi connectivity index (χ1v) is 6.20. The Balaban J connectivity index is 2.38. The van der Waals surface area contributed by atoms with Crippen LogP contribution in [0.2, 0.25) is 0 Å². The number of rotatable bonds is 3. The molecule has 0 atom stereocenters. The first-order valence-electron chi connectivity index (χ1n) is 6.20. The van der Waals surface area contributed by atoms with Gasteiger partial charge in [0, 0.05) is 17.6 Å². The Kier molecular flexibility index (Phi) is 4.24. The lowest BCUT2D eigenvalue weighted by Gasteiger charge is -2.07. The highest BCUT2D eigenvalue weighted by Gasteiger charge is 2.12. The lowest BCUT2D eigenvalue weighted by Crippen LogP contribution is -2.35. The minimum atomic E-state index is -1.03. The molecule has 110 valence electrons. The topological polar surface area (TPSA) is 121 Å². The predicted octanol–water partition coefficient (Wildman–Crippen LogP) is 1.28. The number of nitrogens with one attached hydrogen (secondary N) is 1. The van der Waals surface area contributed by atoms with Crippen molar-refractivity contribution in [1.29, 1.82) is 5.26 Å². The van der Waals surface area contributed by atoms with Crippen LogP contribution in [-0.4, -0.2) is 21.6 Å². The summed E-state index contributed by atoms with van der Waals surface area (Å²) >= 11 is 0. The van der Waals surface area contributed by atoms with Crippen molar-refractivity contribution >= 4 is 18.0 Å². The molecule has 3 amide bonds. The van der Waals surface area contributed by atoms with Gasteiger partial charge in [-0.3, -0.25) is 10.1 Å². The third-order valence-corrected chi connectivity index (χ3v) is 2.80. The number of nitriles is 1. The number of aromatic nitrogens is 1. The number of aromatic hydroxyl groups is 1. The number of phenolic OH excluding ortho intramolecular Hbond substituents is 1. The van der Waals surface area contributed by atoms with Crippen molar-refractivity contribution in [1.82, 2.24) is 9.88 Å². The molecule has 0 radical (unpaired) electrons. The van der Waals surface area contributed by atoms with E-state index in [1.54, 1.807) is 41.1 Å². The average molecular weight is 296 g/mol. The monoisotopic (exact) mass is 296 g/mol. The standard InChI is InChI=1S/C15H12N4O3/c16-9-10(14(21)18-15(17)22)8-12-2-1-7-19(12)11-3-5-13(20)6-4-11/h1-8,20H,(H3,17,18,21,22)/b10-8-. The van der Waals surface area contributed by atoms with E-state index < -0.39 is 11.9 Å². The number of hydrogen-bond donors (Lipinski definition) is 3. The molecule has 22 heavy (non-hydrogen) atoms. The van der Waals surface area contributed by atoms with E-state index in [0.29, 0.717) is 5.69 Å². The molecular weight excluding hydrogens is 284 g/mol. The molecule has 0 saturated carbocycles. The molecule has 0 spiro atoms. The third-order valence-electron chi connectivity index (χ3n) is 2.80. The first kappa shape index (κ1) is 14.9. The van der Waals surface area contributed by atoms with Crippen molar-refractivity contribution in [2.24, 2.45) is 5.73 Å². The number of urea groups is 1. The second-order valence-corrected chi connectivity index (χ2v) is 4.31. The van der Waals surface area contributed by atoms with Crippen molar-refractivity contribution in [2.45, 2.75) is 0 Å². The van der Waals surface area contributed by atoms with Crippen LogP contribution < -0.4 is 11.1 Å². The molecule has 4 N–H and O–H groups in total. The van der Waals surface area contributed by atoms with Gasteiger partial charge in [0.1, 0.15) is 17.4 Å². The van der Waals surface area contributed by atoms with Gasteiger partial charge in [-0.1, -0.05) is 0 Å². The SMILES string of the molecule is N#C/C(=C/c1cccn1-c1ccc(O)cc1)C(=O)NC(N)=O. The van der Waals surface area contributed by atoms with Gasteiger partial charge in [0.05, 0.1) is 0 Å². The Morgan fingerprint density at radius 1 is 1.27 bits per heavy atom. The Hall–Kier alpha value is -3.53. The largest absolute Gasteiger partial charge is 0.508 e. The van der Waals surface area contributed by atoms with E-state index >= 15 is 0 Å². The van der Waals surface area contributed by atoms with Gasteiger partial charge in [0.25, 0.3) is 5.91 Å². The Labute approximate surface area is 125 Å². The summed E-state index contributed by atoms with van der Waals surface area (Å²) in [5.41, 5.74) is 5.90. The van der Waals surface area contributed by atoms with Crippen molar-refractivity contribution in [3.8, 4) is 17.5 Å². The number of amides is 3. The van der Waals surface area contributed by atoms with Gasteiger partial charge in [-0.05, 0) is 42.5 Å². The number of nitrogens with zero attached hydrogens (tertiary/aromatic N) is 2. The zero-order valence-electron chi connectivity index (χ0n) is 11.4. The van der Waals surface area contributed by atoms with Crippen LogP contribution in [0.1, 0.15) is 5.69 Å². The van der Waals surface area contributed by atoms with E-state index in [1.165, 1.54) is 18.2 Å². The number of primary amides is 1. The molecule has 0 bridgehead atoms. The normalized spacial score (nSPS) is 10.8. The quantitative estimate of drug-likeness (QED) is 0.583. The van der Waals surface area contributed by atoms with E-state index in [2.05, 4.69) is 0 Å². The van der Waals surface area contributed by atoms with Crippen molar-refractivity contribution in [2.75, 3.05) is 0 Å². The van der Waals surface area contributed by atoms with Gasteiger partial charge in [-0.15, -0.1) is 0 Å². The molecule has 0 unspecified atom stereocenters. The van der Waals surface area contributed by atoms with Gasteiger partial charge >= 0.3 is 6.03 Å². The number of nitrogens with two attached hydrogens (primary N) is 1. The summed E-state index contributed by atoms with van der Waals surface area (Å²) in [6, 6.07) is 10.5. The molecule has 1 heterocycles. The van der Waals surface area contributed by atoms with Crippen LogP contribution in [0.4, 0.5) is 4.79 Å². The molecular formula is C15H12N4O3. The van der Waals surface area contributed by atoms with E-state index in [4.69, 9.17) is 11.0 Å². The molecule has 0 saturated heterocycles. The molecule has 0 aliphatic carbocycles. The molecule has 7 heteroatoms. The number of phenols is 1. The van der Waals surface area contributed by atoms with E-state index in [9.17, 15) is 14.7 Å². The van der Waals surface area contributed by atoms with Crippen molar-refractivity contribution < 1.29 is 14.7 Å². The summed E-state index contributed by atoms with van der Waals surface area (Å²) < 4.78 is 1.72. The fourth-order valence-electron chi connectivity index (χ4n) is 1.84. The van der Waals surface area contributed by atoms with Crippen LogP contribution >= 0.6 is 0 Å². The first-order chi connectivity index (χ1) is 10.5.